The number of imidazole rings is 1. The molecule has 3 atom stereocenters. The molecule has 0 aromatic carbocycles. The third-order valence-corrected chi connectivity index (χ3v) is 5.78. The van der Waals surface area contributed by atoms with Gasteiger partial charge < -0.3 is 9.47 Å². The van der Waals surface area contributed by atoms with Crippen LogP contribution in [0.25, 0.3) is 11.2 Å². The largest absolute Gasteiger partial charge is 0.457 e. The molecule has 1 spiro atoms. The molecular weight excluding hydrogens is 368 g/mol. The number of ether oxygens (including phenoxy) is 2. The van der Waals surface area contributed by atoms with Gasteiger partial charge in [-0.25, -0.2) is 15.0 Å². The number of aromatic nitrogens is 4. The lowest BCUT2D eigenvalue weighted by molar-refractivity contribution is -0.166. The van der Waals surface area contributed by atoms with Gasteiger partial charge in [-0.2, -0.15) is 0 Å². The molecule has 4 rings (SSSR count). The smallest absolute Gasteiger partial charge is 0.311 e. The van der Waals surface area contributed by atoms with Crippen molar-refractivity contribution in [1.82, 2.24) is 19.5 Å². The Morgan fingerprint density at radius 2 is 2.07 bits per heavy atom. The Labute approximate surface area is 162 Å². The number of hydrogen-bond acceptors (Lipinski definition) is 6. The van der Waals surface area contributed by atoms with Crippen molar-refractivity contribution in [3.63, 3.8) is 0 Å². The summed E-state index contributed by atoms with van der Waals surface area (Å²) in [4.78, 5) is 25.2. The molecule has 0 N–H and O–H groups in total. The minimum Gasteiger partial charge on any atom is -0.457 e. The molecule has 3 heterocycles. The van der Waals surface area contributed by atoms with Gasteiger partial charge in [-0.15, -0.1) is 0 Å². The zero-order valence-electron chi connectivity index (χ0n) is 15.9. The van der Waals surface area contributed by atoms with Crippen LogP contribution in [0.1, 0.15) is 46.8 Å². The highest BCUT2D eigenvalue weighted by molar-refractivity contribution is 6.33. The van der Waals surface area contributed by atoms with Gasteiger partial charge in [-0.05, 0) is 33.6 Å². The minimum absolute atomic E-state index is 0.00839. The van der Waals surface area contributed by atoms with E-state index in [9.17, 15) is 4.79 Å². The highest BCUT2D eigenvalue weighted by Gasteiger charge is 2.59. The topological polar surface area (TPSA) is 79.1 Å². The van der Waals surface area contributed by atoms with Crippen molar-refractivity contribution in [2.24, 2.45) is 11.3 Å². The van der Waals surface area contributed by atoms with Crippen molar-refractivity contribution in [3.05, 3.63) is 30.0 Å². The van der Waals surface area contributed by atoms with Gasteiger partial charge >= 0.3 is 5.97 Å². The Hall–Kier alpha value is -1.99. The molecule has 1 saturated carbocycles. The average Bonchev–Trinajstić information content (AvgIpc) is 3.09. The molecule has 1 aliphatic carbocycles. The molecule has 2 aromatic heterocycles. The van der Waals surface area contributed by atoms with Crippen LogP contribution in [0.3, 0.4) is 0 Å². The van der Waals surface area contributed by atoms with Crippen LogP contribution in [0.4, 0.5) is 0 Å². The molecule has 8 heteroatoms. The van der Waals surface area contributed by atoms with E-state index in [1.807, 2.05) is 20.8 Å². The molecule has 2 fully saturated rings. The van der Waals surface area contributed by atoms with Crippen LogP contribution in [0, 0.1) is 11.3 Å². The van der Waals surface area contributed by atoms with E-state index >= 15 is 0 Å². The quantitative estimate of drug-likeness (QED) is 0.442. The second-order valence-electron chi connectivity index (χ2n) is 8.57. The van der Waals surface area contributed by atoms with E-state index in [2.05, 4.69) is 28.5 Å². The fourth-order valence-corrected chi connectivity index (χ4v) is 4.02. The second-order valence-corrected chi connectivity index (χ2v) is 8.93. The van der Waals surface area contributed by atoms with Gasteiger partial charge in [0.05, 0.1) is 17.3 Å². The third-order valence-electron chi connectivity index (χ3n) is 5.50. The molecule has 1 aliphatic heterocycles. The number of esters is 1. The van der Waals surface area contributed by atoms with E-state index in [4.69, 9.17) is 21.1 Å². The van der Waals surface area contributed by atoms with Crippen LogP contribution in [-0.2, 0) is 14.3 Å². The number of carbonyl (C=O) groups excluding carboxylic acids is 1. The molecule has 7 nitrogen and oxygen atoms in total. The summed E-state index contributed by atoms with van der Waals surface area (Å²) in [5.74, 6) is -0.255. The van der Waals surface area contributed by atoms with Gasteiger partial charge in [-0.1, -0.05) is 30.7 Å². The van der Waals surface area contributed by atoms with Crippen LogP contribution in [0.5, 0.6) is 0 Å². The van der Waals surface area contributed by atoms with Crippen LogP contribution in [0.15, 0.2) is 24.8 Å². The SMILES string of the molecule is C=C1CC2(C1)O[C@@H](n1cnc3c(Cl)ncnc31)[C@H](OC(=O)C(C)(C)C)[C@@H]2C. The summed E-state index contributed by atoms with van der Waals surface area (Å²) in [5, 5.41) is 0.278. The van der Waals surface area contributed by atoms with Crippen LogP contribution in [-0.4, -0.2) is 37.2 Å². The van der Waals surface area contributed by atoms with Crippen LogP contribution in [0.2, 0.25) is 5.15 Å². The highest BCUT2D eigenvalue weighted by Crippen LogP contribution is 2.55. The monoisotopic (exact) mass is 390 g/mol. The molecular formula is C19H23ClN4O3. The summed E-state index contributed by atoms with van der Waals surface area (Å²) in [5.41, 5.74) is 1.21. The molecule has 0 bridgehead atoms. The summed E-state index contributed by atoms with van der Waals surface area (Å²) in [6.45, 7) is 11.6. The average molecular weight is 391 g/mol. The summed E-state index contributed by atoms with van der Waals surface area (Å²) in [6.07, 6.45) is 3.53. The summed E-state index contributed by atoms with van der Waals surface area (Å²) >= 11 is 6.14. The maximum atomic E-state index is 12.6. The molecule has 27 heavy (non-hydrogen) atoms. The van der Waals surface area contributed by atoms with E-state index in [0.717, 1.165) is 18.4 Å². The fourth-order valence-electron chi connectivity index (χ4n) is 3.85. The molecule has 0 unspecified atom stereocenters. The standard InChI is InChI=1S/C19H23ClN4O3/c1-10-6-19(7-10)11(2)13(26-17(25)18(3,4)5)16(27-19)24-9-23-12-14(20)21-8-22-15(12)24/h8-9,11,13,16H,1,6-7H2,2-5H3/t11-,13+,16+/m0/s1. The lowest BCUT2D eigenvalue weighted by Gasteiger charge is -2.43. The van der Waals surface area contributed by atoms with Crippen molar-refractivity contribution in [1.29, 1.82) is 0 Å². The normalized spacial score (nSPS) is 27.1. The lowest BCUT2D eigenvalue weighted by atomic mass is 9.69. The first-order valence-corrected chi connectivity index (χ1v) is 9.39. The van der Waals surface area contributed by atoms with Crippen LogP contribution >= 0.6 is 11.6 Å². The number of halogens is 1. The Balaban J connectivity index is 1.74. The van der Waals surface area contributed by atoms with Crippen molar-refractivity contribution >= 4 is 28.7 Å². The van der Waals surface area contributed by atoms with Crippen molar-refractivity contribution in [2.45, 2.75) is 58.5 Å². The zero-order valence-corrected chi connectivity index (χ0v) is 16.7. The summed E-state index contributed by atoms with van der Waals surface area (Å²) in [6, 6.07) is 0. The van der Waals surface area contributed by atoms with E-state index < -0.39 is 17.7 Å². The Morgan fingerprint density at radius 1 is 1.37 bits per heavy atom. The van der Waals surface area contributed by atoms with Gasteiger partial charge in [0.2, 0.25) is 0 Å². The molecule has 1 saturated heterocycles. The maximum absolute atomic E-state index is 12.6. The number of fused-ring (bicyclic) bond motifs is 1. The predicted octanol–water partition coefficient (Wildman–Crippen LogP) is 3.69. The lowest BCUT2D eigenvalue weighted by Crippen LogP contribution is -2.45. The predicted molar refractivity (Wildman–Crippen MR) is 100 cm³/mol. The van der Waals surface area contributed by atoms with Gasteiger partial charge in [0.25, 0.3) is 0 Å². The first-order valence-electron chi connectivity index (χ1n) is 9.01. The molecule has 0 radical (unpaired) electrons. The Morgan fingerprint density at radius 3 is 2.70 bits per heavy atom. The highest BCUT2D eigenvalue weighted by atomic mass is 35.5. The Kier molecular flexibility index (Phi) is 4.09. The van der Waals surface area contributed by atoms with Gasteiger partial charge in [0.15, 0.2) is 23.1 Å². The summed E-state index contributed by atoms with van der Waals surface area (Å²) in [7, 11) is 0. The van der Waals surface area contributed by atoms with Gasteiger partial charge in [0.1, 0.15) is 11.8 Å². The van der Waals surface area contributed by atoms with Gasteiger partial charge in [-0.3, -0.25) is 9.36 Å². The summed E-state index contributed by atoms with van der Waals surface area (Å²) < 4.78 is 14.2. The van der Waals surface area contributed by atoms with E-state index in [0.29, 0.717) is 11.2 Å². The van der Waals surface area contributed by atoms with E-state index in [-0.39, 0.29) is 22.6 Å². The van der Waals surface area contributed by atoms with E-state index in [1.54, 1.807) is 10.9 Å². The van der Waals surface area contributed by atoms with Crippen molar-refractivity contribution in [3.8, 4) is 0 Å². The minimum atomic E-state index is -0.605. The Bertz CT molecular complexity index is 925. The molecule has 2 aromatic rings. The van der Waals surface area contributed by atoms with Crippen LogP contribution < -0.4 is 0 Å². The van der Waals surface area contributed by atoms with E-state index in [1.165, 1.54) is 6.33 Å². The van der Waals surface area contributed by atoms with Crippen molar-refractivity contribution in [2.75, 3.05) is 0 Å². The number of hydrogen-bond donors (Lipinski definition) is 0. The number of carbonyl (C=O) groups is 1. The molecule has 2 aliphatic rings. The second kappa shape index (κ2) is 6.01. The number of nitrogens with zero attached hydrogens (tertiary/aromatic N) is 4. The van der Waals surface area contributed by atoms with Crippen molar-refractivity contribution < 1.29 is 14.3 Å². The molecule has 144 valence electrons. The third kappa shape index (κ3) is 2.84. The molecule has 0 amide bonds. The zero-order chi connectivity index (χ0) is 19.6. The first kappa shape index (κ1) is 18.4. The number of rotatable bonds is 2. The fraction of sp³-hybridized carbons (Fsp3) is 0.579. The van der Waals surface area contributed by atoms with Gasteiger partial charge in [0, 0.05) is 5.92 Å². The maximum Gasteiger partial charge on any atom is 0.311 e. The first-order chi connectivity index (χ1) is 12.6.